The first kappa shape index (κ1) is 12.2. The molecule has 1 unspecified atom stereocenters. The number of aromatic nitrogens is 1. The van der Waals surface area contributed by atoms with Gasteiger partial charge in [-0.15, -0.1) is 0 Å². The van der Waals surface area contributed by atoms with E-state index in [0.29, 0.717) is 11.5 Å². The summed E-state index contributed by atoms with van der Waals surface area (Å²) >= 11 is 0. The van der Waals surface area contributed by atoms with E-state index in [-0.39, 0.29) is 0 Å². The fourth-order valence-corrected chi connectivity index (χ4v) is 3.12. The summed E-state index contributed by atoms with van der Waals surface area (Å²) in [5.74, 6) is -0.412. The second-order valence-electron chi connectivity index (χ2n) is 5.32. The zero-order valence-corrected chi connectivity index (χ0v) is 11.2. The number of aromatic carboxylic acids is 1. The van der Waals surface area contributed by atoms with E-state index >= 15 is 0 Å². The molecular weight excluding hydrogens is 238 g/mol. The standard InChI is InChI=1S/C16H17NO2/c1-3-10-5-6-11-14(16(18)19)12-8-9(2)4-7-13(12)17-15(10)11/h4,7-8,10H,3,5-6H2,1-2H3,(H,18,19). The Morgan fingerprint density at radius 2 is 2.26 bits per heavy atom. The molecule has 0 spiro atoms. The summed E-state index contributed by atoms with van der Waals surface area (Å²) in [6.07, 6.45) is 2.89. The van der Waals surface area contributed by atoms with Crippen molar-refractivity contribution in [3.05, 3.63) is 40.6 Å². The molecule has 0 saturated heterocycles. The van der Waals surface area contributed by atoms with Gasteiger partial charge in [-0.25, -0.2) is 4.79 Å². The third-order valence-corrected chi connectivity index (χ3v) is 4.11. The molecule has 1 atom stereocenters. The van der Waals surface area contributed by atoms with Crippen molar-refractivity contribution in [2.45, 2.75) is 39.0 Å². The zero-order valence-electron chi connectivity index (χ0n) is 11.2. The van der Waals surface area contributed by atoms with Gasteiger partial charge in [0.2, 0.25) is 0 Å². The summed E-state index contributed by atoms with van der Waals surface area (Å²) < 4.78 is 0. The van der Waals surface area contributed by atoms with Gasteiger partial charge < -0.3 is 5.11 Å². The first-order valence-electron chi connectivity index (χ1n) is 6.78. The van der Waals surface area contributed by atoms with Gasteiger partial charge in [0.05, 0.1) is 11.1 Å². The van der Waals surface area contributed by atoms with Crippen LogP contribution in [0.1, 0.15) is 52.9 Å². The number of fused-ring (bicyclic) bond motifs is 2. The Hall–Kier alpha value is -1.90. The van der Waals surface area contributed by atoms with Crippen molar-refractivity contribution in [3.63, 3.8) is 0 Å². The molecule has 1 N–H and O–H groups in total. The molecule has 19 heavy (non-hydrogen) atoms. The lowest BCUT2D eigenvalue weighted by Crippen LogP contribution is -2.06. The molecule has 0 radical (unpaired) electrons. The minimum atomic E-state index is -0.828. The summed E-state index contributed by atoms with van der Waals surface area (Å²) in [6, 6.07) is 5.86. The summed E-state index contributed by atoms with van der Waals surface area (Å²) in [7, 11) is 0. The molecular formula is C16H17NO2. The van der Waals surface area contributed by atoms with Gasteiger partial charge in [-0.1, -0.05) is 18.6 Å². The number of rotatable bonds is 2. The Morgan fingerprint density at radius 3 is 2.95 bits per heavy atom. The lowest BCUT2D eigenvalue weighted by Gasteiger charge is -2.12. The fourth-order valence-electron chi connectivity index (χ4n) is 3.12. The Labute approximate surface area is 112 Å². The van der Waals surface area contributed by atoms with Gasteiger partial charge in [0.15, 0.2) is 0 Å². The van der Waals surface area contributed by atoms with Crippen molar-refractivity contribution in [1.29, 1.82) is 0 Å². The maximum atomic E-state index is 11.7. The average molecular weight is 255 g/mol. The number of carboxylic acid groups (broad SMARTS) is 1. The average Bonchev–Trinajstić information content (AvgIpc) is 2.77. The monoisotopic (exact) mass is 255 g/mol. The van der Waals surface area contributed by atoms with E-state index < -0.39 is 5.97 Å². The van der Waals surface area contributed by atoms with Gasteiger partial charge in [0.1, 0.15) is 0 Å². The summed E-state index contributed by atoms with van der Waals surface area (Å²) in [6.45, 7) is 4.12. The van der Waals surface area contributed by atoms with E-state index in [0.717, 1.165) is 47.0 Å². The number of benzene rings is 1. The number of hydrogen-bond donors (Lipinski definition) is 1. The molecule has 3 rings (SSSR count). The minimum absolute atomic E-state index is 0.416. The van der Waals surface area contributed by atoms with Crippen LogP contribution in [0.2, 0.25) is 0 Å². The molecule has 98 valence electrons. The van der Waals surface area contributed by atoms with Crippen molar-refractivity contribution in [2.75, 3.05) is 0 Å². The van der Waals surface area contributed by atoms with Crippen LogP contribution in [0, 0.1) is 6.92 Å². The zero-order chi connectivity index (χ0) is 13.6. The van der Waals surface area contributed by atoms with E-state index in [2.05, 4.69) is 6.92 Å². The van der Waals surface area contributed by atoms with Gasteiger partial charge in [0, 0.05) is 17.0 Å². The van der Waals surface area contributed by atoms with Crippen molar-refractivity contribution in [2.24, 2.45) is 0 Å². The van der Waals surface area contributed by atoms with E-state index in [1.165, 1.54) is 0 Å². The molecule has 1 aliphatic rings. The van der Waals surface area contributed by atoms with Crippen molar-refractivity contribution in [1.82, 2.24) is 4.98 Å². The van der Waals surface area contributed by atoms with E-state index in [1.54, 1.807) is 0 Å². The van der Waals surface area contributed by atoms with Crippen LogP contribution < -0.4 is 0 Å². The molecule has 2 aromatic rings. The summed E-state index contributed by atoms with van der Waals surface area (Å²) in [5, 5.41) is 10.3. The molecule has 1 aromatic heterocycles. The van der Waals surface area contributed by atoms with Crippen LogP contribution in [0.4, 0.5) is 0 Å². The number of hydrogen-bond acceptors (Lipinski definition) is 2. The van der Waals surface area contributed by atoms with Crippen LogP contribution in [-0.2, 0) is 6.42 Å². The quantitative estimate of drug-likeness (QED) is 0.890. The smallest absolute Gasteiger partial charge is 0.336 e. The van der Waals surface area contributed by atoms with Crippen LogP contribution in [0.5, 0.6) is 0 Å². The van der Waals surface area contributed by atoms with Crippen molar-refractivity contribution < 1.29 is 9.90 Å². The first-order valence-corrected chi connectivity index (χ1v) is 6.78. The first-order chi connectivity index (χ1) is 9.11. The molecule has 0 fully saturated rings. The summed E-state index contributed by atoms with van der Waals surface area (Å²) in [5.41, 5.74) is 4.32. The van der Waals surface area contributed by atoms with E-state index in [4.69, 9.17) is 4.98 Å². The van der Waals surface area contributed by atoms with Crippen molar-refractivity contribution in [3.8, 4) is 0 Å². The molecule has 3 heteroatoms. The molecule has 0 aliphatic heterocycles. The molecule has 1 aliphatic carbocycles. The number of carboxylic acids is 1. The van der Waals surface area contributed by atoms with Gasteiger partial charge in [-0.05, 0) is 43.9 Å². The van der Waals surface area contributed by atoms with Crippen LogP contribution in [0.3, 0.4) is 0 Å². The highest BCUT2D eigenvalue weighted by Crippen LogP contribution is 2.38. The van der Waals surface area contributed by atoms with Gasteiger partial charge in [0.25, 0.3) is 0 Å². The Morgan fingerprint density at radius 1 is 1.47 bits per heavy atom. The highest BCUT2D eigenvalue weighted by molar-refractivity contribution is 6.04. The van der Waals surface area contributed by atoms with Crippen LogP contribution in [0.15, 0.2) is 18.2 Å². The van der Waals surface area contributed by atoms with Gasteiger partial charge >= 0.3 is 5.97 Å². The second kappa shape index (κ2) is 4.34. The van der Waals surface area contributed by atoms with Crippen LogP contribution >= 0.6 is 0 Å². The largest absolute Gasteiger partial charge is 0.478 e. The van der Waals surface area contributed by atoms with Gasteiger partial charge in [-0.3, -0.25) is 4.98 Å². The number of pyridine rings is 1. The Balaban J connectivity index is 2.38. The SMILES string of the molecule is CCC1CCc2c1nc1ccc(C)cc1c2C(=O)O. The topological polar surface area (TPSA) is 50.2 Å². The Bertz CT molecular complexity index is 676. The number of nitrogens with zero attached hydrogens (tertiary/aromatic N) is 1. The normalized spacial score (nSPS) is 17.7. The predicted molar refractivity (Wildman–Crippen MR) is 74.8 cm³/mol. The predicted octanol–water partition coefficient (Wildman–Crippen LogP) is 3.68. The van der Waals surface area contributed by atoms with E-state index in [1.807, 2.05) is 25.1 Å². The highest BCUT2D eigenvalue weighted by Gasteiger charge is 2.29. The highest BCUT2D eigenvalue weighted by atomic mass is 16.4. The maximum Gasteiger partial charge on any atom is 0.336 e. The van der Waals surface area contributed by atoms with Crippen LogP contribution in [0.25, 0.3) is 10.9 Å². The van der Waals surface area contributed by atoms with Crippen LogP contribution in [-0.4, -0.2) is 16.1 Å². The van der Waals surface area contributed by atoms with E-state index in [9.17, 15) is 9.90 Å². The third kappa shape index (κ3) is 1.81. The lowest BCUT2D eigenvalue weighted by molar-refractivity contribution is 0.0698. The third-order valence-electron chi connectivity index (χ3n) is 4.11. The summed E-state index contributed by atoms with van der Waals surface area (Å²) in [4.78, 5) is 16.4. The van der Waals surface area contributed by atoms with Gasteiger partial charge in [-0.2, -0.15) is 0 Å². The molecule has 1 aromatic carbocycles. The minimum Gasteiger partial charge on any atom is -0.478 e. The molecule has 0 amide bonds. The number of aryl methyl sites for hydroxylation is 1. The number of carbonyl (C=O) groups is 1. The molecule has 3 nitrogen and oxygen atoms in total. The van der Waals surface area contributed by atoms with Crippen molar-refractivity contribution >= 4 is 16.9 Å². The molecule has 0 bridgehead atoms. The maximum absolute atomic E-state index is 11.7. The second-order valence-corrected chi connectivity index (χ2v) is 5.32. The Kier molecular flexibility index (Phi) is 2.77. The lowest BCUT2D eigenvalue weighted by atomic mass is 9.98. The molecule has 1 heterocycles. The molecule has 0 saturated carbocycles. The fraction of sp³-hybridized carbons (Fsp3) is 0.375.